The molecule has 0 aliphatic heterocycles. The van der Waals surface area contributed by atoms with Gasteiger partial charge in [0.15, 0.2) is 0 Å². The molecule has 0 spiro atoms. The van der Waals surface area contributed by atoms with E-state index in [1.165, 1.54) is 6.42 Å². The van der Waals surface area contributed by atoms with Gasteiger partial charge in [-0.05, 0) is 44.1 Å². The zero-order chi connectivity index (χ0) is 9.03. The molecule has 68 valence electrons. The van der Waals surface area contributed by atoms with Crippen LogP contribution in [-0.4, -0.2) is 6.54 Å². The second-order valence-electron chi connectivity index (χ2n) is 3.96. The second-order valence-corrected chi connectivity index (χ2v) is 3.96. The van der Waals surface area contributed by atoms with E-state index in [-0.39, 0.29) is 0 Å². The van der Waals surface area contributed by atoms with E-state index in [9.17, 15) is 0 Å². The van der Waals surface area contributed by atoms with E-state index < -0.39 is 0 Å². The van der Waals surface area contributed by atoms with Crippen LogP contribution >= 0.6 is 0 Å². The average molecular weight is 166 g/mol. The zero-order valence-electron chi connectivity index (χ0n) is 7.84. The Hall–Kier alpha value is -0.550. The lowest BCUT2D eigenvalue weighted by Crippen LogP contribution is -2.34. The number of nitriles is 1. The van der Waals surface area contributed by atoms with Crippen molar-refractivity contribution in [1.82, 2.24) is 0 Å². The molecule has 12 heavy (non-hydrogen) atoms. The normalized spacial score (nSPS) is 35.9. The van der Waals surface area contributed by atoms with Crippen molar-refractivity contribution < 1.29 is 0 Å². The summed E-state index contributed by atoms with van der Waals surface area (Å²) in [4.78, 5) is 0. The van der Waals surface area contributed by atoms with Crippen molar-refractivity contribution in [2.45, 2.75) is 39.0 Å². The molecule has 0 aromatic carbocycles. The van der Waals surface area contributed by atoms with Crippen LogP contribution in [0, 0.1) is 22.7 Å². The van der Waals surface area contributed by atoms with Crippen LogP contribution in [0.15, 0.2) is 0 Å². The minimum Gasteiger partial charge on any atom is -0.330 e. The number of nitrogens with two attached hydrogens (primary N) is 1. The standard InChI is InChI=1S/C10H18N2/c1-2-10(8-12)5-3-9(7-11)4-6-10/h9H,2-6,8,12H2,1H3. The average Bonchev–Trinajstić information content (AvgIpc) is 2.18. The maximum atomic E-state index is 8.73. The lowest BCUT2D eigenvalue weighted by atomic mass is 9.69. The molecule has 0 radical (unpaired) electrons. The van der Waals surface area contributed by atoms with Crippen molar-refractivity contribution >= 4 is 0 Å². The lowest BCUT2D eigenvalue weighted by molar-refractivity contribution is 0.169. The number of hydrogen-bond acceptors (Lipinski definition) is 2. The van der Waals surface area contributed by atoms with Crippen LogP contribution in [0.4, 0.5) is 0 Å². The topological polar surface area (TPSA) is 49.8 Å². The Morgan fingerprint density at radius 1 is 1.50 bits per heavy atom. The number of hydrogen-bond donors (Lipinski definition) is 1. The van der Waals surface area contributed by atoms with Crippen LogP contribution in [0.25, 0.3) is 0 Å². The van der Waals surface area contributed by atoms with Crippen LogP contribution in [0.3, 0.4) is 0 Å². The predicted molar refractivity (Wildman–Crippen MR) is 49.3 cm³/mol. The fourth-order valence-electron chi connectivity index (χ4n) is 2.06. The molecule has 0 amide bonds. The monoisotopic (exact) mass is 166 g/mol. The molecule has 0 unspecified atom stereocenters. The highest BCUT2D eigenvalue weighted by molar-refractivity contribution is 4.92. The van der Waals surface area contributed by atoms with Crippen molar-refractivity contribution in [3.8, 4) is 6.07 Å². The van der Waals surface area contributed by atoms with Gasteiger partial charge in [-0.2, -0.15) is 5.26 Å². The Balaban J connectivity index is 2.49. The molecule has 1 rings (SSSR count). The number of nitrogens with zero attached hydrogens (tertiary/aromatic N) is 1. The smallest absolute Gasteiger partial charge is 0.0655 e. The summed E-state index contributed by atoms with van der Waals surface area (Å²) in [6, 6.07) is 2.35. The first-order valence-electron chi connectivity index (χ1n) is 4.86. The van der Waals surface area contributed by atoms with Gasteiger partial charge >= 0.3 is 0 Å². The molecule has 0 aromatic heterocycles. The van der Waals surface area contributed by atoms with Crippen LogP contribution in [0.1, 0.15) is 39.0 Å². The van der Waals surface area contributed by atoms with Gasteiger partial charge < -0.3 is 5.73 Å². The molecule has 1 fully saturated rings. The maximum absolute atomic E-state index is 8.73. The molecule has 1 aliphatic carbocycles. The van der Waals surface area contributed by atoms with E-state index in [1.54, 1.807) is 0 Å². The SMILES string of the molecule is CCC1(CN)CCC(C#N)CC1. The molecular weight excluding hydrogens is 148 g/mol. The van der Waals surface area contributed by atoms with Gasteiger partial charge in [0.1, 0.15) is 0 Å². The molecule has 2 N–H and O–H groups in total. The van der Waals surface area contributed by atoms with Gasteiger partial charge in [0.25, 0.3) is 0 Å². The van der Waals surface area contributed by atoms with Gasteiger partial charge in [0.05, 0.1) is 6.07 Å². The Morgan fingerprint density at radius 3 is 2.42 bits per heavy atom. The van der Waals surface area contributed by atoms with Crippen molar-refractivity contribution in [2.75, 3.05) is 6.54 Å². The maximum Gasteiger partial charge on any atom is 0.0655 e. The van der Waals surface area contributed by atoms with Gasteiger partial charge in [-0.15, -0.1) is 0 Å². The molecule has 0 atom stereocenters. The Kier molecular flexibility index (Phi) is 3.11. The third-order valence-electron chi connectivity index (χ3n) is 3.41. The third kappa shape index (κ3) is 1.78. The zero-order valence-corrected chi connectivity index (χ0v) is 7.84. The minimum atomic E-state index is 0.302. The van der Waals surface area contributed by atoms with Gasteiger partial charge in [-0.3, -0.25) is 0 Å². The van der Waals surface area contributed by atoms with Crippen molar-refractivity contribution in [3.05, 3.63) is 0 Å². The first-order valence-corrected chi connectivity index (χ1v) is 4.86. The van der Waals surface area contributed by atoms with Crippen LogP contribution in [-0.2, 0) is 0 Å². The van der Waals surface area contributed by atoms with E-state index in [0.29, 0.717) is 11.3 Å². The molecule has 2 nitrogen and oxygen atoms in total. The van der Waals surface area contributed by atoms with Gasteiger partial charge in [-0.25, -0.2) is 0 Å². The summed E-state index contributed by atoms with van der Waals surface area (Å²) in [7, 11) is 0. The van der Waals surface area contributed by atoms with E-state index in [1.807, 2.05) is 0 Å². The van der Waals surface area contributed by atoms with Crippen LogP contribution in [0.2, 0.25) is 0 Å². The highest BCUT2D eigenvalue weighted by Crippen LogP contribution is 2.40. The van der Waals surface area contributed by atoms with E-state index >= 15 is 0 Å². The van der Waals surface area contributed by atoms with Gasteiger partial charge in [0.2, 0.25) is 0 Å². The van der Waals surface area contributed by atoms with Gasteiger partial charge in [0, 0.05) is 5.92 Å². The largest absolute Gasteiger partial charge is 0.330 e. The summed E-state index contributed by atoms with van der Waals surface area (Å²) >= 11 is 0. The lowest BCUT2D eigenvalue weighted by Gasteiger charge is -2.36. The van der Waals surface area contributed by atoms with E-state index in [0.717, 1.165) is 32.2 Å². The minimum absolute atomic E-state index is 0.302. The first-order chi connectivity index (χ1) is 5.76. The van der Waals surface area contributed by atoms with Crippen molar-refractivity contribution in [2.24, 2.45) is 17.1 Å². The summed E-state index contributed by atoms with van der Waals surface area (Å²) in [6.45, 7) is 3.00. The number of rotatable bonds is 2. The second kappa shape index (κ2) is 3.91. The summed E-state index contributed by atoms with van der Waals surface area (Å²) in [6.07, 6.45) is 5.58. The van der Waals surface area contributed by atoms with Crippen LogP contribution in [0.5, 0.6) is 0 Å². The van der Waals surface area contributed by atoms with Crippen LogP contribution < -0.4 is 5.73 Å². The van der Waals surface area contributed by atoms with E-state index in [4.69, 9.17) is 11.0 Å². The molecule has 0 saturated heterocycles. The molecule has 0 aromatic rings. The molecule has 1 aliphatic rings. The molecule has 0 heterocycles. The first kappa shape index (κ1) is 9.54. The molecule has 2 heteroatoms. The summed E-state index contributed by atoms with van der Waals surface area (Å²) in [5.41, 5.74) is 6.12. The highest BCUT2D eigenvalue weighted by atomic mass is 14.6. The Bertz CT molecular complexity index is 167. The molecule has 1 saturated carbocycles. The predicted octanol–water partition coefficient (Wildman–Crippen LogP) is 2.06. The van der Waals surface area contributed by atoms with Gasteiger partial charge in [-0.1, -0.05) is 6.92 Å². The Morgan fingerprint density at radius 2 is 2.08 bits per heavy atom. The van der Waals surface area contributed by atoms with Crippen molar-refractivity contribution in [3.63, 3.8) is 0 Å². The fraction of sp³-hybridized carbons (Fsp3) is 0.900. The summed E-state index contributed by atoms with van der Waals surface area (Å²) < 4.78 is 0. The third-order valence-corrected chi connectivity index (χ3v) is 3.41. The molecular formula is C10H18N2. The highest BCUT2D eigenvalue weighted by Gasteiger charge is 2.32. The molecule has 0 bridgehead atoms. The quantitative estimate of drug-likeness (QED) is 0.682. The summed E-state index contributed by atoms with van der Waals surface area (Å²) in [5.74, 6) is 0.302. The van der Waals surface area contributed by atoms with E-state index in [2.05, 4.69) is 13.0 Å². The van der Waals surface area contributed by atoms with Crippen molar-refractivity contribution in [1.29, 1.82) is 5.26 Å². The Labute approximate surface area is 74.8 Å². The fourth-order valence-corrected chi connectivity index (χ4v) is 2.06. The summed E-state index contributed by atoms with van der Waals surface area (Å²) in [5, 5.41) is 8.73.